The highest BCUT2D eigenvalue weighted by molar-refractivity contribution is 7.09. The van der Waals surface area contributed by atoms with Gasteiger partial charge in [0.1, 0.15) is 12.4 Å². The van der Waals surface area contributed by atoms with Gasteiger partial charge in [-0.3, -0.25) is 4.79 Å². The van der Waals surface area contributed by atoms with E-state index in [2.05, 4.69) is 10.3 Å². The molecule has 0 atom stereocenters. The Balaban J connectivity index is 1.91. The lowest BCUT2D eigenvalue weighted by Gasteiger charge is -2.05. The van der Waals surface area contributed by atoms with Crippen molar-refractivity contribution < 1.29 is 14.6 Å². The van der Waals surface area contributed by atoms with E-state index in [9.17, 15) is 4.79 Å². The maximum Gasteiger partial charge on any atom is 0.244 e. The molecule has 0 unspecified atom stereocenters. The minimum Gasteiger partial charge on any atom is -0.487 e. The van der Waals surface area contributed by atoms with Crippen LogP contribution in [0.1, 0.15) is 16.3 Å². The molecule has 0 spiro atoms. The van der Waals surface area contributed by atoms with Crippen LogP contribution in [0.5, 0.6) is 5.75 Å². The third-order valence-corrected chi connectivity index (χ3v) is 3.57. The minimum atomic E-state index is -0.238. The molecule has 0 fully saturated rings. The van der Waals surface area contributed by atoms with Crippen LogP contribution in [0.25, 0.3) is 6.08 Å². The Morgan fingerprint density at radius 3 is 3.09 bits per heavy atom. The number of hydrogen-bond acceptors (Lipinski definition) is 5. The van der Waals surface area contributed by atoms with Crippen LogP contribution in [0.3, 0.4) is 0 Å². The van der Waals surface area contributed by atoms with Gasteiger partial charge in [-0.15, -0.1) is 11.3 Å². The van der Waals surface area contributed by atoms with E-state index in [1.165, 1.54) is 6.08 Å². The summed E-state index contributed by atoms with van der Waals surface area (Å²) in [6.45, 7) is 2.56. The molecule has 0 bridgehead atoms. The maximum atomic E-state index is 11.4. The van der Waals surface area contributed by atoms with Gasteiger partial charge in [-0.2, -0.15) is 0 Å². The Labute approximate surface area is 133 Å². The number of ether oxygens (including phenoxy) is 1. The van der Waals surface area contributed by atoms with Gasteiger partial charge in [-0.25, -0.2) is 4.98 Å². The third kappa shape index (κ3) is 5.31. The fraction of sp³-hybridized carbons (Fsp3) is 0.250. The van der Waals surface area contributed by atoms with E-state index in [1.807, 2.05) is 36.6 Å². The Bertz CT molecular complexity index is 652. The van der Waals surface area contributed by atoms with Gasteiger partial charge in [0.15, 0.2) is 0 Å². The van der Waals surface area contributed by atoms with Crippen molar-refractivity contribution in [1.82, 2.24) is 10.3 Å². The number of rotatable bonds is 7. The number of carbonyl (C=O) groups is 1. The second-order valence-electron chi connectivity index (χ2n) is 4.57. The Kier molecular flexibility index (Phi) is 6.12. The van der Waals surface area contributed by atoms with Crippen molar-refractivity contribution in [3.05, 3.63) is 52.0 Å². The highest BCUT2D eigenvalue weighted by atomic mass is 32.1. The number of aromatic nitrogens is 1. The summed E-state index contributed by atoms with van der Waals surface area (Å²) in [5.41, 5.74) is 1.78. The summed E-state index contributed by atoms with van der Waals surface area (Å²) in [6, 6.07) is 7.47. The molecular formula is C16H18N2O3S. The van der Waals surface area contributed by atoms with Crippen molar-refractivity contribution in [2.75, 3.05) is 13.2 Å². The van der Waals surface area contributed by atoms with Crippen LogP contribution in [-0.4, -0.2) is 29.1 Å². The highest BCUT2D eigenvalue weighted by Crippen LogP contribution is 2.17. The second-order valence-corrected chi connectivity index (χ2v) is 5.63. The molecule has 1 amide bonds. The molecule has 2 aromatic rings. The third-order valence-electron chi connectivity index (χ3n) is 2.75. The van der Waals surface area contributed by atoms with Gasteiger partial charge in [0.05, 0.1) is 17.3 Å². The number of carbonyl (C=O) groups excluding carboxylic acids is 1. The maximum absolute atomic E-state index is 11.4. The Hall–Kier alpha value is -2.18. The molecule has 1 aromatic carbocycles. The molecular weight excluding hydrogens is 300 g/mol. The standard InChI is InChI=1S/C16H18N2O3S/c1-12-18-14(11-22-12)10-21-15-4-2-3-13(9-15)5-6-16(20)17-7-8-19/h2-6,9,11,19H,7-8,10H2,1H3,(H,17,20)/b6-5+. The summed E-state index contributed by atoms with van der Waals surface area (Å²) in [7, 11) is 0. The summed E-state index contributed by atoms with van der Waals surface area (Å²) >= 11 is 1.60. The van der Waals surface area contributed by atoms with Gasteiger partial charge in [0.2, 0.25) is 5.91 Å². The zero-order chi connectivity index (χ0) is 15.8. The lowest BCUT2D eigenvalue weighted by molar-refractivity contribution is -0.116. The predicted octanol–water partition coefficient (Wildman–Crippen LogP) is 2.15. The van der Waals surface area contributed by atoms with Gasteiger partial charge in [-0.05, 0) is 30.7 Å². The molecule has 0 aliphatic heterocycles. The number of aliphatic hydroxyl groups excluding tert-OH is 1. The lowest BCUT2D eigenvalue weighted by atomic mass is 10.2. The van der Waals surface area contributed by atoms with Crippen molar-refractivity contribution >= 4 is 23.3 Å². The van der Waals surface area contributed by atoms with E-state index in [-0.39, 0.29) is 19.1 Å². The first-order valence-corrected chi connectivity index (χ1v) is 7.76. The highest BCUT2D eigenvalue weighted by Gasteiger charge is 2.01. The first-order chi connectivity index (χ1) is 10.7. The molecule has 5 nitrogen and oxygen atoms in total. The van der Waals surface area contributed by atoms with Crippen LogP contribution in [0.15, 0.2) is 35.7 Å². The summed E-state index contributed by atoms with van der Waals surface area (Å²) in [5, 5.41) is 14.2. The lowest BCUT2D eigenvalue weighted by Crippen LogP contribution is -2.24. The molecule has 0 saturated heterocycles. The van der Waals surface area contributed by atoms with Gasteiger partial charge >= 0.3 is 0 Å². The zero-order valence-electron chi connectivity index (χ0n) is 12.3. The smallest absolute Gasteiger partial charge is 0.244 e. The molecule has 2 N–H and O–H groups in total. The van der Waals surface area contributed by atoms with Crippen molar-refractivity contribution in [2.24, 2.45) is 0 Å². The van der Waals surface area contributed by atoms with Crippen molar-refractivity contribution in [3.8, 4) is 5.75 Å². The number of amides is 1. The SMILES string of the molecule is Cc1nc(COc2cccc(/C=C/C(=O)NCCO)c2)cs1. The molecule has 116 valence electrons. The number of aliphatic hydroxyl groups is 1. The van der Waals surface area contributed by atoms with Crippen molar-refractivity contribution in [2.45, 2.75) is 13.5 Å². The van der Waals surface area contributed by atoms with E-state index in [1.54, 1.807) is 17.4 Å². The second kappa shape index (κ2) is 8.31. The first kappa shape index (κ1) is 16.2. The van der Waals surface area contributed by atoms with Crippen LogP contribution in [0.4, 0.5) is 0 Å². The number of benzene rings is 1. The van der Waals surface area contributed by atoms with Crippen LogP contribution in [0.2, 0.25) is 0 Å². The van der Waals surface area contributed by atoms with Gasteiger partial charge in [0.25, 0.3) is 0 Å². The summed E-state index contributed by atoms with van der Waals surface area (Å²) < 4.78 is 5.69. The molecule has 0 aliphatic rings. The summed E-state index contributed by atoms with van der Waals surface area (Å²) in [6.07, 6.45) is 3.13. The molecule has 2 rings (SSSR count). The normalized spacial score (nSPS) is 10.8. The number of thiazole rings is 1. The van der Waals surface area contributed by atoms with Gasteiger partial charge in [0, 0.05) is 18.0 Å². The number of aryl methyl sites for hydroxylation is 1. The van der Waals surface area contributed by atoms with Gasteiger partial charge in [-0.1, -0.05) is 12.1 Å². The van der Waals surface area contributed by atoms with Crippen LogP contribution < -0.4 is 10.1 Å². The molecule has 0 aliphatic carbocycles. The van der Waals surface area contributed by atoms with E-state index >= 15 is 0 Å². The molecule has 1 heterocycles. The topological polar surface area (TPSA) is 71.5 Å². The molecule has 0 radical (unpaired) electrons. The Morgan fingerprint density at radius 1 is 1.50 bits per heavy atom. The fourth-order valence-corrected chi connectivity index (χ4v) is 2.35. The monoisotopic (exact) mass is 318 g/mol. The summed E-state index contributed by atoms with van der Waals surface area (Å²) in [4.78, 5) is 15.8. The van der Waals surface area contributed by atoms with Crippen LogP contribution in [0, 0.1) is 6.92 Å². The zero-order valence-corrected chi connectivity index (χ0v) is 13.1. The first-order valence-electron chi connectivity index (χ1n) is 6.88. The van der Waals surface area contributed by atoms with E-state index < -0.39 is 0 Å². The predicted molar refractivity (Wildman–Crippen MR) is 86.8 cm³/mol. The minimum absolute atomic E-state index is 0.0704. The molecule has 1 aromatic heterocycles. The van der Waals surface area contributed by atoms with Gasteiger partial charge < -0.3 is 15.2 Å². The van der Waals surface area contributed by atoms with Crippen LogP contribution in [-0.2, 0) is 11.4 Å². The fourth-order valence-electron chi connectivity index (χ4n) is 1.75. The van der Waals surface area contributed by atoms with E-state index in [0.29, 0.717) is 6.61 Å². The van der Waals surface area contributed by atoms with E-state index in [4.69, 9.17) is 9.84 Å². The van der Waals surface area contributed by atoms with E-state index in [0.717, 1.165) is 22.0 Å². The number of nitrogens with one attached hydrogen (secondary N) is 1. The molecule has 6 heteroatoms. The largest absolute Gasteiger partial charge is 0.487 e. The number of hydrogen-bond donors (Lipinski definition) is 2. The molecule has 22 heavy (non-hydrogen) atoms. The van der Waals surface area contributed by atoms with Crippen molar-refractivity contribution in [1.29, 1.82) is 0 Å². The summed E-state index contributed by atoms with van der Waals surface area (Å²) in [5.74, 6) is 0.488. The Morgan fingerprint density at radius 2 is 2.36 bits per heavy atom. The average molecular weight is 318 g/mol. The van der Waals surface area contributed by atoms with Crippen LogP contribution >= 0.6 is 11.3 Å². The van der Waals surface area contributed by atoms with Crippen molar-refractivity contribution in [3.63, 3.8) is 0 Å². The number of nitrogens with zero attached hydrogens (tertiary/aromatic N) is 1. The quantitative estimate of drug-likeness (QED) is 0.767. The molecule has 0 saturated carbocycles. The average Bonchev–Trinajstić information content (AvgIpc) is 2.95.